The van der Waals surface area contributed by atoms with E-state index in [9.17, 15) is 43.7 Å². The van der Waals surface area contributed by atoms with E-state index in [4.69, 9.17) is 16.3 Å². The predicted molar refractivity (Wildman–Crippen MR) is 168 cm³/mol. The number of allylic oxidation sites excluding steroid dienone is 2. The van der Waals surface area contributed by atoms with Crippen molar-refractivity contribution in [3.8, 4) is 17.2 Å². The molecule has 2 aliphatic carbocycles. The van der Waals surface area contributed by atoms with E-state index in [1.165, 1.54) is 37.4 Å². The van der Waals surface area contributed by atoms with Gasteiger partial charge in [0.1, 0.15) is 17.1 Å². The van der Waals surface area contributed by atoms with Gasteiger partial charge in [-0.2, -0.15) is 0 Å². The summed E-state index contributed by atoms with van der Waals surface area (Å²) in [5, 5.41) is 30.2. The van der Waals surface area contributed by atoms with Gasteiger partial charge >= 0.3 is 5.97 Å². The third kappa shape index (κ3) is 4.28. The average molecular weight is 675 g/mol. The molecule has 4 aliphatic rings. The summed E-state index contributed by atoms with van der Waals surface area (Å²) in [4.78, 5) is 70.1. The van der Waals surface area contributed by atoms with E-state index in [2.05, 4.69) is 0 Å². The van der Waals surface area contributed by atoms with Crippen molar-refractivity contribution in [2.75, 3.05) is 16.9 Å². The summed E-state index contributed by atoms with van der Waals surface area (Å²) in [5.41, 5.74) is -0.580. The van der Waals surface area contributed by atoms with E-state index >= 15 is 0 Å². The maximum Gasteiger partial charge on any atom is 0.339 e. The van der Waals surface area contributed by atoms with Crippen LogP contribution in [0, 0.1) is 34.9 Å². The number of phenolic OH excluding ortho intramolecular Hbond substituents is 1. The van der Waals surface area contributed by atoms with Gasteiger partial charge in [0.2, 0.25) is 23.6 Å². The molecule has 2 saturated heterocycles. The molecule has 3 aromatic carbocycles. The van der Waals surface area contributed by atoms with Crippen molar-refractivity contribution in [3.63, 3.8) is 0 Å². The fourth-order valence-electron chi connectivity index (χ4n) is 8.25. The molecule has 6 atom stereocenters. The summed E-state index contributed by atoms with van der Waals surface area (Å²) < 4.78 is 19.3. The molecule has 7 rings (SSSR count). The lowest BCUT2D eigenvalue weighted by molar-refractivity contribution is -0.131. The number of methoxy groups -OCH3 is 1. The molecular formula is C35H28ClFN2O9. The number of carboxylic acids is 1. The summed E-state index contributed by atoms with van der Waals surface area (Å²) >= 11 is 6.04. The largest absolute Gasteiger partial charge is 0.507 e. The van der Waals surface area contributed by atoms with E-state index in [0.717, 1.165) is 28.0 Å². The molecule has 0 bridgehead atoms. The predicted octanol–water partition coefficient (Wildman–Crippen LogP) is 5.03. The van der Waals surface area contributed by atoms with Gasteiger partial charge in [-0.15, -0.1) is 0 Å². The molecule has 48 heavy (non-hydrogen) atoms. The number of hydrogen-bond acceptors (Lipinski definition) is 8. The highest BCUT2D eigenvalue weighted by Gasteiger charge is 2.67. The topological polar surface area (TPSA) is 162 Å². The number of imide groups is 2. The molecule has 3 N–H and O–H groups in total. The average Bonchev–Trinajstić information content (AvgIpc) is 3.41. The quantitative estimate of drug-likeness (QED) is 0.249. The number of amides is 4. The Kier molecular flexibility index (Phi) is 7.13. The van der Waals surface area contributed by atoms with Crippen molar-refractivity contribution >= 4 is 52.6 Å². The zero-order valence-electron chi connectivity index (χ0n) is 25.5. The van der Waals surface area contributed by atoms with Crippen LogP contribution >= 0.6 is 11.6 Å². The van der Waals surface area contributed by atoms with Crippen LogP contribution in [-0.4, -0.2) is 52.0 Å². The zero-order valence-corrected chi connectivity index (χ0v) is 26.3. The summed E-state index contributed by atoms with van der Waals surface area (Å²) in [7, 11) is 1.39. The van der Waals surface area contributed by atoms with Crippen molar-refractivity contribution in [2.24, 2.45) is 29.1 Å². The molecule has 2 aliphatic heterocycles. The van der Waals surface area contributed by atoms with Crippen LogP contribution in [0.4, 0.5) is 15.8 Å². The first-order chi connectivity index (χ1) is 22.8. The first kappa shape index (κ1) is 31.4. The van der Waals surface area contributed by atoms with Crippen LogP contribution in [0.3, 0.4) is 0 Å². The fourth-order valence-corrected chi connectivity index (χ4v) is 8.42. The van der Waals surface area contributed by atoms with Gasteiger partial charge in [0.25, 0.3) is 0 Å². The van der Waals surface area contributed by atoms with Crippen LogP contribution in [0.1, 0.15) is 41.6 Å². The Labute approximate surface area is 277 Å². The lowest BCUT2D eigenvalue weighted by Gasteiger charge is -2.49. The van der Waals surface area contributed by atoms with Crippen molar-refractivity contribution < 1.29 is 48.4 Å². The van der Waals surface area contributed by atoms with Crippen molar-refractivity contribution in [2.45, 2.75) is 25.7 Å². The molecule has 0 radical (unpaired) electrons. The number of aromatic hydroxyl groups is 2. The minimum Gasteiger partial charge on any atom is -0.507 e. The van der Waals surface area contributed by atoms with Gasteiger partial charge in [0, 0.05) is 12.0 Å². The summed E-state index contributed by atoms with van der Waals surface area (Å²) in [5.74, 6) is -9.23. The minimum absolute atomic E-state index is 0.00667. The van der Waals surface area contributed by atoms with Crippen molar-refractivity contribution in [1.82, 2.24) is 0 Å². The molecule has 3 aromatic rings. The van der Waals surface area contributed by atoms with Crippen LogP contribution in [0.5, 0.6) is 17.2 Å². The van der Waals surface area contributed by atoms with Crippen LogP contribution in [-0.2, 0) is 19.2 Å². The minimum atomic E-state index is -1.42. The number of benzene rings is 3. The SMILES string of the molecule is COc1ccc(C2C3=CCC4C(=O)N(c5ccc(C(=O)O)c(O)c5)C(=O)C4C3CC3C(=O)N(c4ccc(F)c(Cl)c4)C(=O)C32C)cc1O. The van der Waals surface area contributed by atoms with Gasteiger partial charge in [-0.1, -0.05) is 29.3 Å². The number of halogens is 2. The Balaban J connectivity index is 1.35. The van der Waals surface area contributed by atoms with Crippen LogP contribution in [0.15, 0.2) is 66.2 Å². The summed E-state index contributed by atoms with van der Waals surface area (Å²) in [6.07, 6.45) is 2.00. The van der Waals surface area contributed by atoms with Crippen LogP contribution in [0.25, 0.3) is 0 Å². The first-order valence-corrected chi connectivity index (χ1v) is 15.5. The van der Waals surface area contributed by atoms with E-state index in [1.807, 2.05) is 6.08 Å². The number of carbonyl (C=O) groups excluding carboxylic acids is 4. The molecule has 13 heteroatoms. The van der Waals surface area contributed by atoms with E-state index in [-0.39, 0.29) is 40.7 Å². The highest BCUT2D eigenvalue weighted by molar-refractivity contribution is 6.32. The number of carbonyl (C=O) groups is 5. The molecule has 11 nitrogen and oxygen atoms in total. The number of fused-ring (bicyclic) bond motifs is 4. The highest BCUT2D eigenvalue weighted by atomic mass is 35.5. The number of rotatable bonds is 5. The molecule has 246 valence electrons. The number of phenols is 2. The number of carboxylic acid groups (broad SMARTS) is 1. The molecule has 3 fully saturated rings. The second kappa shape index (κ2) is 10.9. The van der Waals surface area contributed by atoms with Crippen molar-refractivity contribution in [1.29, 1.82) is 0 Å². The van der Waals surface area contributed by atoms with Gasteiger partial charge in [-0.3, -0.25) is 19.2 Å². The Morgan fingerprint density at radius 3 is 2.27 bits per heavy atom. The van der Waals surface area contributed by atoms with Gasteiger partial charge < -0.3 is 20.1 Å². The lowest BCUT2D eigenvalue weighted by atomic mass is 9.51. The number of aromatic carboxylic acids is 1. The Morgan fingerprint density at radius 1 is 0.917 bits per heavy atom. The number of nitrogens with zero attached hydrogens (tertiary/aromatic N) is 2. The third-order valence-electron chi connectivity index (χ3n) is 10.4. The fraction of sp³-hybridized carbons (Fsp3) is 0.286. The van der Waals surface area contributed by atoms with Gasteiger partial charge in [0.05, 0.1) is 46.7 Å². The molecule has 1 saturated carbocycles. The molecule has 0 spiro atoms. The normalized spacial score (nSPS) is 27.8. The molecule has 4 amide bonds. The smallest absolute Gasteiger partial charge is 0.339 e. The summed E-state index contributed by atoms with van der Waals surface area (Å²) in [6, 6.07) is 11.7. The third-order valence-corrected chi connectivity index (χ3v) is 10.7. The van der Waals surface area contributed by atoms with Gasteiger partial charge in [-0.25, -0.2) is 19.0 Å². The zero-order chi connectivity index (χ0) is 34.4. The van der Waals surface area contributed by atoms with Gasteiger partial charge in [0.15, 0.2) is 11.5 Å². The summed E-state index contributed by atoms with van der Waals surface area (Å²) in [6.45, 7) is 1.67. The number of ether oxygens (including phenoxy) is 1. The Bertz CT molecular complexity index is 2010. The number of hydrogen-bond donors (Lipinski definition) is 3. The van der Waals surface area contributed by atoms with Crippen molar-refractivity contribution in [3.05, 3.63) is 88.2 Å². The Hall–Kier alpha value is -5.23. The first-order valence-electron chi connectivity index (χ1n) is 15.1. The Morgan fingerprint density at radius 2 is 1.62 bits per heavy atom. The second-order valence-electron chi connectivity index (χ2n) is 12.7. The maximum absolute atomic E-state index is 14.5. The van der Waals surface area contributed by atoms with Crippen LogP contribution in [0.2, 0.25) is 5.02 Å². The number of anilines is 2. The second-order valence-corrected chi connectivity index (χ2v) is 13.1. The maximum atomic E-state index is 14.5. The van der Waals surface area contributed by atoms with Gasteiger partial charge in [-0.05, 0) is 73.7 Å². The van der Waals surface area contributed by atoms with E-state index < -0.39 is 81.7 Å². The molecular weight excluding hydrogens is 647 g/mol. The van der Waals surface area contributed by atoms with E-state index in [1.54, 1.807) is 13.0 Å². The standard InChI is InChI=1S/C35H28ClFN2O9/c1-35-22(31(43)39(34(35)47)16-5-9-24(37)23(36)12-16)14-21-18(29(35)15-3-10-27(48-2)26(41)11-15)7-8-20-28(21)32(44)38(30(20)42)17-4-6-19(33(45)46)25(40)13-17/h3-7,9-13,20-22,28-29,40-41H,8,14H2,1-2H3,(H,45,46). The van der Waals surface area contributed by atoms with E-state index in [0.29, 0.717) is 11.1 Å². The molecule has 2 heterocycles. The van der Waals surface area contributed by atoms with Crippen LogP contribution < -0.4 is 14.5 Å². The molecule has 0 aromatic heterocycles. The highest BCUT2D eigenvalue weighted by Crippen LogP contribution is 2.64. The monoisotopic (exact) mass is 674 g/mol. The lowest BCUT2D eigenvalue weighted by Crippen LogP contribution is -2.48. The molecule has 6 unspecified atom stereocenters.